The van der Waals surface area contributed by atoms with Gasteiger partial charge in [-0.3, -0.25) is 0 Å². The summed E-state index contributed by atoms with van der Waals surface area (Å²) in [6, 6.07) is 0. The van der Waals surface area contributed by atoms with Crippen LogP contribution >= 0.6 is 0 Å². The molecule has 17 heavy (non-hydrogen) atoms. The number of anilines is 1. The van der Waals surface area contributed by atoms with E-state index in [1.807, 2.05) is 4.57 Å². The van der Waals surface area contributed by atoms with E-state index in [-0.39, 0.29) is 5.41 Å². The lowest BCUT2D eigenvalue weighted by atomic mass is 9.90. The smallest absolute Gasteiger partial charge is 0.127 e. The predicted octanol–water partition coefficient (Wildman–Crippen LogP) is 2.81. The van der Waals surface area contributed by atoms with E-state index < -0.39 is 0 Å². The Labute approximate surface area is 104 Å². The van der Waals surface area contributed by atoms with Crippen molar-refractivity contribution in [2.75, 3.05) is 5.73 Å². The lowest BCUT2D eigenvalue weighted by Crippen LogP contribution is -2.12. The van der Waals surface area contributed by atoms with Gasteiger partial charge < -0.3 is 10.3 Å². The molecule has 0 amide bonds. The van der Waals surface area contributed by atoms with Crippen molar-refractivity contribution < 1.29 is 0 Å². The molecule has 0 saturated carbocycles. The molecule has 0 radical (unpaired) electrons. The number of nitrogens with zero attached hydrogens (tertiary/aromatic N) is 2. The molecule has 0 unspecified atom stereocenters. The molecule has 0 spiro atoms. The number of nitrogen functional groups attached to an aromatic ring is 1. The van der Waals surface area contributed by atoms with Gasteiger partial charge in [-0.05, 0) is 11.8 Å². The van der Waals surface area contributed by atoms with E-state index in [0.717, 1.165) is 23.8 Å². The van der Waals surface area contributed by atoms with Gasteiger partial charge in [0.1, 0.15) is 11.6 Å². The predicted molar refractivity (Wildman–Crippen MR) is 72.7 cm³/mol. The summed E-state index contributed by atoms with van der Waals surface area (Å²) in [5.74, 6) is 4.68. The molecule has 0 aliphatic heterocycles. The minimum Gasteiger partial charge on any atom is -0.384 e. The SMILES string of the molecule is C#CCn1c(C(C)C)nc(CC(C)(C)C)c1N. The van der Waals surface area contributed by atoms with Gasteiger partial charge in [-0.2, -0.15) is 0 Å². The van der Waals surface area contributed by atoms with E-state index >= 15 is 0 Å². The van der Waals surface area contributed by atoms with Gasteiger partial charge in [0, 0.05) is 5.92 Å². The summed E-state index contributed by atoms with van der Waals surface area (Å²) in [5, 5.41) is 0. The molecule has 0 aliphatic carbocycles. The van der Waals surface area contributed by atoms with Crippen molar-refractivity contribution in [3.63, 3.8) is 0 Å². The van der Waals surface area contributed by atoms with E-state index in [0.29, 0.717) is 12.5 Å². The van der Waals surface area contributed by atoms with Crippen LogP contribution in [0.1, 0.15) is 52.1 Å². The van der Waals surface area contributed by atoms with Gasteiger partial charge >= 0.3 is 0 Å². The minimum atomic E-state index is 0.178. The first kappa shape index (κ1) is 13.6. The molecule has 94 valence electrons. The highest BCUT2D eigenvalue weighted by molar-refractivity contribution is 5.40. The van der Waals surface area contributed by atoms with Crippen molar-refractivity contribution in [2.45, 2.75) is 53.5 Å². The first-order chi connectivity index (χ1) is 7.76. The summed E-state index contributed by atoms with van der Waals surface area (Å²) in [4.78, 5) is 4.66. The van der Waals surface area contributed by atoms with Crippen molar-refractivity contribution in [1.29, 1.82) is 0 Å². The zero-order valence-electron chi connectivity index (χ0n) is 11.5. The van der Waals surface area contributed by atoms with Crippen molar-refractivity contribution in [1.82, 2.24) is 9.55 Å². The molecule has 3 heteroatoms. The molecule has 1 aromatic rings. The Morgan fingerprint density at radius 2 is 2.00 bits per heavy atom. The summed E-state index contributed by atoms with van der Waals surface area (Å²) in [7, 11) is 0. The minimum absolute atomic E-state index is 0.178. The molecular weight excluding hydrogens is 210 g/mol. The molecule has 1 aromatic heterocycles. The fourth-order valence-electron chi connectivity index (χ4n) is 1.87. The van der Waals surface area contributed by atoms with Crippen LogP contribution in [0.25, 0.3) is 0 Å². The standard InChI is InChI=1S/C14H23N3/c1-7-8-17-12(15)11(9-14(4,5)6)16-13(17)10(2)3/h1,10H,8-9,15H2,2-6H3. The van der Waals surface area contributed by atoms with Crippen LogP contribution in [0.4, 0.5) is 5.82 Å². The van der Waals surface area contributed by atoms with Gasteiger partial charge in [0.25, 0.3) is 0 Å². The third-order valence-corrected chi connectivity index (χ3v) is 2.58. The molecular formula is C14H23N3. The Bertz CT molecular complexity index is 428. The zero-order valence-corrected chi connectivity index (χ0v) is 11.5. The molecule has 3 nitrogen and oxygen atoms in total. The molecule has 2 N–H and O–H groups in total. The summed E-state index contributed by atoms with van der Waals surface area (Å²) >= 11 is 0. The summed E-state index contributed by atoms with van der Waals surface area (Å²) in [6.45, 7) is 11.3. The number of nitrogens with two attached hydrogens (primary N) is 1. The van der Waals surface area contributed by atoms with E-state index in [1.165, 1.54) is 0 Å². The van der Waals surface area contributed by atoms with Gasteiger partial charge in [0.05, 0.1) is 12.2 Å². The van der Waals surface area contributed by atoms with Gasteiger partial charge in [0.15, 0.2) is 0 Å². The van der Waals surface area contributed by atoms with E-state index in [2.05, 4.69) is 45.5 Å². The zero-order chi connectivity index (χ0) is 13.2. The normalized spacial score (nSPS) is 11.8. The summed E-state index contributed by atoms with van der Waals surface area (Å²) in [6.07, 6.45) is 6.25. The first-order valence-electron chi connectivity index (χ1n) is 6.04. The average molecular weight is 233 g/mol. The highest BCUT2D eigenvalue weighted by atomic mass is 15.1. The van der Waals surface area contributed by atoms with Crippen LogP contribution in [0.5, 0.6) is 0 Å². The highest BCUT2D eigenvalue weighted by Crippen LogP contribution is 2.27. The van der Waals surface area contributed by atoms with Crippen LogP contribution in [-0.4, -0.2) is 9.55 Å². The maximum absolute atomic E-state index is 6.14. The largest absolute Gasteiger partial charge is 0.384 e. The highest BCUT2D eigenvalue weighted by Gasteiger charge is 2.21. The van der Waals surface area contributed by atoms with Gasteiger partial charge in [-0.1, -0.05) is 40.5 Å². The Balaban J connectivity index is 3.18. The van der Waals surface area contributed by atoms with Crippen LogP contribution in [0.15, 0.2) is 0 Å². The Kier molecular flexibility index (Phi) is 3.87. The number of imidazole rings is 1. The lowest BCUT2D eigenvalue weighted by molar-refractivity contribution is 0.407. The van der Waals surface area contributed by atoms with Crippen molar-refractivity contribution in [3.8, 4) is 12.3 Å². The number of terminal acetylenes is 1. The number of aromatic nitrogens is 2. The second kappa shape index (κ2) is 4.83. The molecule has 1 heterocycles. The van der Waals surface area contributed by atoms with Crippen LogP contribution in [0.2, 0.25) is 0 Å². The topological polar surface area (TPSA) is 43.8 Å². The first-order valence-corrected chi connectivity index (χ1v) is 6.04. The van der Waals surface area contributed by atoms with Crippen LogP contribution in [-0.2, 0) is 13.0 Å². The molecule has 0 fully saturated rings. The maximum atomic E-state index is 6.14. The molecule has 0 aromatic carbocycles. The quantitative estimate of drug-likeness (QED) is 0.816. The van der Waals surface area contributed by atoms with Gasteiger partial charge in [-0.15, -0.1) is 6.42 Å². The van der Waals surface area contributed by atoms with Crippen molar-refractivity contribution in [2.24, 2.45) is 5.41 Å². The van der Waals surface area contributed by atoms with Crippen molar-refractivity contribution >= 4 is 5.82 Å². The van der Waals surface area contributed by atoms with E-state index in [4.69, 9.17) is 12.2 Å². The monoisotopic (exact) mass is 233 g/mol. The molecule has 0 saturated heterocycles. The van der Waals surface area contributed by atoms with Crippen LogP contribution in [0.3, 0.4) is 0 Å². The molecule has 0 aliphatic rings. The molecule has 0 atom stereocenters. The second-order valence-corrected chi connectivity index (χ2v) is 5.98. The second-order valence-electron chi connectivity index (χ2n) is 5.98. The molecule has 0 bridgehead atoms. The molecule has 1 rings (SSSR count). The lowest BCUT2D eigenvalue weighted by Gasteiger charge is -2.16. The fraction of sp³-hybridized carbons (Fsp3) is 0.643. The summed E-state index contributed by atoms with van der Waals surface area (Å²) < 4.78 is 1.95. The average Bonchev–Trinajstić information content (AvgIpc) is 2.44. The van der Waals surface area contributed by atoms with Crippen LogP contribution < -0.4 is 5.73 Å². The number of hydrogen-bond donors (Lipinski definition) is 1. The number of rotatable bonds is 3. The summed E-state index contributed by atoms with van der Waals surface area (Å²) in [5.41, 5.74) is 7.29. The Hall–Kier alpha value is -1.43. The Morgan fingerprint density at radius 1 is 1.41 bits per heavy atom. The van der Waals surface area contributed by atoms with Gasteiger partial charge in [-0.25, -0.2) is 4.98 Å². The fourth-order valence-corrected chi connectivity index (χ4v) is 1.87. The van der Waals surface area contributed by atoms with Gasteiger partial charge in [0.2, 0.25) is 0 Å². The third kappa shape index (κ3) is 3.26. The number of hydrogen-bond acceptors (Lipinski definition) is 2. The van der Waals surface area contributed by atoms with E-state index in [9.17, 15) is 0 Å². The Morgan fingerprint density at radius 3 is 2.41 bits per heavy atom. The van der Waals surface area contributed by atoms with Crippen LogP contribution in [0, 0.1) is 17.8 Å². The van der Waals surface area contributed by atoms with E-state index in [1.54, 1.807) is 0 Å². The van der Waals surface area contributed by atoms with Crippen molar-refractivity contribution in [3.05, 3.63) is 11.5 Å². The third-order valence-electron chi connectivity index (χ3n) is 2.58. The maximum Gasteiger partial charge on any atom is 0.127 e.